The van der Waals surface area contributed by atoms with Crippen LogP contribution in [-0.4, -0.2) is 20.3 Å². The predicted molar refractivity (Wildman–Crippen MR) is 80.9 cm³/mol. The zero-order valence-electron chi connectivity index (χ0n) is 10.8. The van der Waals surface area contributed by atoms with Gasteiger partial charge in [-0.3, -0.25) is 5.10 Å². The molecule has 0 radical (unpaired) electrons. The van der Waals surface area contributed by atoms with Crippen LogP contribution in [0, 0.1) is 0 Å². The summed E-state index contributed by atoms with van der Waals surface area (Å²) in [6, 6.07) is 7.60. The summed E-state index contributed by atoms with van der Waals surface area (Å²) in [7, 11) is 0. The van der Waals surface area contributed by atoms with Crippen molar-refractivity contribution in [2.45, 2.75) is 5.88 Å². The molecule has 0 spiro atoms. The molecule has 7 heteroatoms. The van der Waals surface area contributed by atoms with Crippen molar-refractivity contribution >= 4 is 39.4 Å². The summed E-state index contributed by atoms with van der Waals surface area (Å²) in [5, 5.41) is 12.4. The molecule has 3 aromatic heterocycles. The molecule has 0 bridgehead atoms. The number of nitrogens with two attached hydrogens (primary N) is 1. The number of alkyl halides is 1. The van der Waals surface area contributed by atoms with Gasteiger partial charge in [-0.15, -0.1) is 11.6 Å². The van der Waals surface area contributed by atoms with E-state index in [0.717, 1.165) is 27.6 Å². The molecule has 104 valence electrons. The molecule has 0 aliphatic rings. The smallest absolute Gasteiger partial charge is 0.178 e. The van der Waals surface area contributed by atoms with Crippen LogP contribution < -0.4 is 5.73 Å². The Morgan fingerprint density at radius 1 is 1.29 bits per heavy atom. The zero-order chi connectivity index (χ0) is 14.4. The van der Waals surface area contributed by atoms with Crippen LogP contribution in [0.4, 0.5) is 5.82 Å². The second-order valence-electron chi connectivity index (χ2n) is 4.68. The van der Waals surface area contributed by atoms with Gasteiger partial charge in [-0.2, -0.15) is 5.10 Å². The van der Waals surface area contributed by atoms with Gasteiger partial charge in [0, 0.05) is 16.8 Å². The summed E-state index contributed by atoms with van der Waals surface area (Å²) >= 11 is 6.02. The summed E-state index contributed by atoms with van der Waals surface area (Å²) in [6.45, 7) is 0. The minimum atomic E-state index is 0.368. The summed E-state index contributed by atoms with van der Waals surface area (Å²) in [5.74, 6) is 0.743. The molecule has 3 N–H and O–H groups in total. The number of hydrogen-bond donors (Lipinski definition) is 2. The fourth-order valence-corrected chi connectivity index (χ4v) is 2.65. The maximum Gasteiger partial charge on any atom is 0.178 e. The van der Waals surface area contributed by atoms with Crippen molar-refractivity contribution in [3.8, 4) is 11.3 Å². The van der Waals surface area contributed by atoms with Gasteiger partial charge in [0.1, 0.15) is 0 Å². The molecule has 0 fully saturated rings. The number of pyridine rings is 1. The Morgan fingerprint density at radius 2 is 2.19 bits per heavy atom. The molecule has 4 rings (SSSR count). The van der Waals surface area contributed by atoms with Gasteiger partial charge in [0.2, 0.25) is 0 Å². The van der Waals surface area contributed by atoms with Crippen molar-refractivity contribution in [1.29, 1.82) is 0 Å². The molecule has 1 aromatic carbocycles. The zero-order valence-corrected chi connectivity index (χ0v) is 11.6. The number of nitrogens with one attached hydrogen (secondary N) is 1. The fraction of sp³-hybridized carbons (Fsp3) is 0.0714. The Morgan fingerprint density at radius 3 is 3.05 bits per heavy atom. The molecule has 0 aliphatic carbocycles. The van der Waals surface area contributed by atoms with E-state index in [1.165, 1.54) is 0 Å². The molecule has 4 aromatic rings. The lowest BCUT2D eigenvalue weighted by Crippen LogP contribution is -1.90. The van der Waals surface area contributed by atoms with Crippen LogP contribution in [0.15, 0.2) is 35.0 Å². The van der Waals surface area contributed by atoms with E-state index in [-0.39, 0.29) is 0 Å². The van der Waals surface area contributed by atoms with E-state index in [1.807, 2.05) is 24.3 Å². The third kappa shape index (κ3) is 1.76. The molecule has 0 atom stereocenters. The third-order valence-electron chi connectivity index (χ3n) is 3.45. The van der Waals surface area contributed by atoms with Crippen molar-refractivity contribution in [2.75, 3.05) is 5.73 Å². The van der Waals surface area contributed by atoms with Crippen LogP contribution in [0.3, 0.4) is 0 Å². The van der Waals surface area contributed by atoms with Crippen molar-refractivity contribution in [3.05, 3.63) is 36.0 Å². The highest BCUT2D eigenvalue weighted by atomic mass is 35.5. The molecule has 6 nitrogen and oxygen atoms in total. The third-order valence-corrected chi connectivity index (χ3v) is 3.74. The second-order valence-corrected chi connectivity index (χ2v) is 4.95. The Bertz CT molecular complexity index is 958. The SMILES string of the molecule is Nc1noc2c(-c3cc(CCl)c4cn[nH]c4n3)cccc12. The first kappa shape index (κ1) is 12.2. The number of nitrogen functional groups attached to an aromatic ring is 1. The minimum Gasteiger partial charge on any atom is -0.380 e. The Kier molecular flexibility index (Phi) is 2.58. The summed E-state index contributed by atoms with van der Waals surface area (Å²) in [5.41, 5.74) is 9.60. The number of para-hydroxylation sites is 1. The van der Waals surface area contributed by atoms with Crippen molar-refractivity contribution < 1.29 is 4.52 Å². The van der Waals surface area contributed by atoms with Gasteiger partial charge >= 0.3 is 0 Å². The lowest BCUT2D eigenvalue weighted by molar-refractivity contribution is 0.461. The number of halogens is 1. The van der Waals surface area contributed by atoms with E-state index in [4.69, 9.17) is 21.9 Å². The molecule has 0 amide bonds. The molecular formula is C14H10ClN5O. The second kappa shape index (κ2) is 4.46. The maximum absolute atomic E-state index is 6.02. The van der Waals surface area contributed by atoms with Gasteiger partial charge < -0.3 is 10.3 Å². The Hall–Kier alpha value is -2.60. The number of aromatic amines is 1. The van der Waals surface area contributed by atoms with E-state index in [9.17, 15) is 0 Å². The number of anilines is 1. The standard InChI is InChI=1S/C14H10ClN5O/c15-5-7-4-11(18-14-10(7)6-17-19-14)8-2-1-3-9-12(8)21-20-13(9)16/h1-4,6H,5H2,(H2,16,20)(H,17,18,19). The van der Waals surface area contributed by atoms with Crippen LogP contribution in [-0.2, 0) is 5.88 Å². The number of H-pyrrole nitrogens is 1. The van der Waals surface area contributed by atoms with Gasteiger partial charge in [0.25, 0.3) is 0 Å². The van der Waals surface area contributed by atoms with Crippen LogP contribution >= 0.6 is 11.6 Å². The first-order valence-corrected chi connectivity index (χ1v) is 6.84. The molecule has 0 unspecified atom stereocenters. The highest BCUT2D eigenvalue weighted by Crippen LogP contribution is 2.32. The van der Waals surface area contributed by atoms with Crippen molar-refractivity contribution in [3.63, 3.8) is 0 Å². The van der Waals surface area contributed by atoms with E-state index >= 15 is 0 Å². The number of hydrogen-bond acceptors (Lipinski definition) is 5. The lowest BCUT2D eigenvalue weighted by atomic mass is 10.1. The van der Waals surface area contributed by atoms with Crippen LogP contribution in [0.25, 0.3) is 33.3 Å². The number of rotatable bonds is 2. The summed E-state index contributed by atoms with van der Waals surface area (Å²) in [4.78, 5) is 4.57. The fourth-order valence-electron chi connectivity index (χ4n) is 2.43. The monoisotopic (exact) mass is 299 g/mol. The predicted octanol–water partition coefficient (Wildman–Crippen LogP) is 3.09. The molecule has 0 saturated heterocycles. The van der Waals surface area contributed by atoms with E-state index in [0.29, 0.717) is 22.9 Å². The van der Waals surface area contributed by atoms with Gasteiger partial charge in [-0.25, -0.2) is 4.98 Å². The minimum absolute atomic E-state index is 0.368. The van der Waals surface area contributed by atoms with E-state index < -0.39 is 0 Å². The lowest BCUT2D eigenvalue weighted by Gasteiger charge is -2.04. The maximum atomic E-state index is 6.02. The molecule has 0 aliphatic heterocycles. The van der Waals surface area contributed by atoms with Crippen LogP contribution in [0.1, 0.15) is 5.56 Å². The van der Waals surface area contributed by atoms with Crippen LogP contribution in [0.2, 0.25) is 0 Å². The molecule has 21 heavy (non-hydrogen) atoms. The van der Waals surface area contributed by atoms with Gasteiger partial charge in [-0.1, -0.05) is 11.2 Å². The topological polar surface area (TPSA) is 93.6 Å². The van der Waals surface area contributed by atoms with Crippen molar-refractivity contribution in [1.82, 2.24) is 20.3 Å². The summed E-state index contributed by atoms with van der Waals surface area (Å²) in [6.07, 6.45) is 1.72. The molecule has 0 saturated carbocycles. The van der Waals surface area contributed by atoms with Gasteiger partial charge in [0.05, 0.1) is 17.3 Å². The number of aromatic nitrogens is 4. The molecular weight excluding hydrogens is 290 g/mol. The quantitative estimate of drug-likeness (QED) is 0.555. The van der Waals surface area contributed by atoms with E-state index in [1.54, 1.807) is 6.20 Å². The van der Waals surface area contributed by atoms with E-state index in [2.05, 4.69) is 20.3 Å². The number of nitrogens with zero attached hydrogens (tertiary/aromatic N) is 3. The average Bonchev–Trinajstić information content (AvgIpc) is 3.13. The normalized spacial score (nSPS) is 11.5. The van der Waals surface area contributed by atoms with Crippen LogP contribution in [0.5, 0.6) is 0 Å². The van der Waals surface area contributed by atoms with Gasteiger partial charge in [-0.05, 0) is 23.8 Å². The Balaban J connectivity index is 2.04. The van der Waals surface area contributed by atoms with Gasteiger partial charge in [0.15, 0.2) is 17.0 Å². The highest BCUT2D eigenvalue weighted by Gasteiger charge is 2.14. The first-order valence-electron chi connectivity index (χ1n) is 6.31. The number of benzene rings is 1. The largest absolute Gasteiger partial charge is 0.380 e. The van der Waals surface area contributed by atoms with Crippen molar-refractivity contribution in [2.24, 2.45) is 0 Å². The number of fused-ring (bicyclic) bond motifs is 2. The first-order chi connectivity index (χ1) is 10.3. The molecule has 3 heterocycles. The Labute approximate surface area is 123 Å². The highest BCUT2D eigenvalue weighted by molar-refractivity contribution is 6.18. The summed E-state index contributed by atoms with van der Waals surface area (Å²) < 4.78 is 5.33. The average molecular weight is 300 g/mol.